The van der Waals surface area contributed by atoms with Gasteiger partial charge < -0.3 is 9.80 Å². The van der Waals surface area contributed by atoms with E-state index in [-0.39, 0.29) is 11.5 Å². The summed E-state index contributed by atoms with van der Waals surface area (Å²) in [5.74, 6) is 0.344. The van der Waals surface area contributed by atoms with Crippen LogP contribution < -0.4 is 0 Å². The summed E-state index contributed by atoms with van der Waals surface area (Å²) in [6.07, 6.45) is 6.20. The van der Waals surface area contributed by atoms with E-state index in [9.17, 15) is 4.79 Å². The zero-order valence-electron chi connectivity index (χ0n) is 13.5. The molecule has 0 unspecified atom stereocenters. The first kappa shape index (κ1) is 15.3. The van der Waals surface area contributed by atoms with E-state index in [0.717, 1.165) is 45.3 Å². The highest BCUT2D eigenvalue weighted by Gasteiger charge is 2.50. The molecule has 3 nitrogen and oxygen atoms in total. The van der Waals surface area contributed by atoms with Gasteiger partial charge in [0.1, 0.15) is 0 Å². The Bertz CT molecular complexity index is 532. The van der Waals surface area contributed by atoms with Crippen molar-refractivity contribution in [2.75, 3.05) is 26.7 Å². The van der Waals surface area contributed by atoms with Gasteiger partial charge in [-0.15, -0.1) is 6.58 Å². The van der Waals surface area contributed by atoms with Crippen LogP contribution >= 0.6 is 0 Å². The Morgan fingerprint density at radius 1 is 1.27 bits per heavy atom. The van der Waals surface area contributed by atoms with E-state index in [0.29, 0.717) is 5.91 Å². The summed E-state index contributed by atoms with van der Waals surface area (Å²) in [4.78, 5) is 17.3. The van der Waals surface area contributed by atoms with Crippen LogP contribution in [0.25, 0.3) is 0 Å². The van der Waals surface area contributed by atoms with Crippen molar-refractivity contribution in [1.29, 1.82) is 0 Å². The first-order valence-corrected chi connectivity index (χ1v) is 8.32. The molecule has 22 heavy (non-hydrogen) atoms. The van der Waals surface area contributed by atoms with Gasteiger partial charge in [-0.05, 0) is 31.2 Å². The summed E-state index contributed by atoms with van der Waals surface area (Å²) in [7, 11) is 2.00. The molecule has 118 valence electrons. The van der Waals surface area contributed by atoms with Crippen molar-refractivity contribution in [2.24, 2.45) is 0 Å². The van der Waals surface area contributed by atoms with E-state index in [1.54, 1.807) is 0 Å². The third-order valence-electron chi connectivity index (χ3n) is 5.56. The largest absolute Gasteiger partial charge is 0.339 e. The van der Waals surface area contributed by atoms with Crippen LogP contribution in [0.3, 0.4) is 0 Å². The molecule has 2 heterocycles. The summed E-state index contributed by atoms with van der Waals surface area (Å²) < 4.78 is 0. The lowest BCUT2D eigenvalue weighted by Gasteiger charge is -2.43. The molecule has 2 fully saturated rings. The van der Waals surface area contributed by atoms with Crippen molar-refractivity contribution in [3.05, 3.63) is 48.6 Å². The van der Waals surface area contributed by atoms with Crippen LogP contribution in [0.1, 0.15) is 37.2 Å². The quantitative estimate of drug-likeness (QED) is 0.798. The summed E-state index contributed by atoms with van der Waals surface area (Å²) in [6.45, 7) is 7.08. The third kappa shape index (κ3) is 2.70. The Kier molecular flexibility index (Phi) is 4.34. The number of amides is 1. The average Bonchev–Trinajstić information content (AvgIpc) is 2.81. The number of benzene rings is 1. The lowest BCUT2D eigenvalue weighted by molar-refractivity contribution is -0.131. The molecular formula is C19H26N2O. The van der Waals surface area contributed by atoms with E-state index < -0.39 is 0 Å². The summed E-state index contributed by atoms with van der Waals surface area (Å²) in [5, 5.41) is 0. The smallest absolute Gasteiger partial charge is 0.230 e. The summed E-state index contributed by atoms with van der Waals surface area (Å²) in [6, 6.07) is 10.3. The molecule has 3 heteroatoms. The second kappa shape index (κ2) is 6.25. The first-order valence-electron chi connectivity index (χ1n) is 8.32. The number of nitrogens with zero attached hydrogens (tertiary/aromatic N) is 2. The van der Waals surface area contributed by atoms with E-state index >= 15 is 0 Å². The molecule has 0 N–H and O–H groups in total. The number of carbonyl (C=O) groups excluding carboxylic acids is 1. The van der Waals surface area contributed by atoms with Crippen LogP contribution in [-0.2, 0) is 4.79 Å². The molecule has 1 aromatic rings. The van der Waals surface area contributed by atoms with E-state index in [1.807, 2.05) is 31.3 Å². The van der Waals surface area contributed by atoms with Gasteiger partial charge in [-0.3, -0.25) is 4.79 Å². The molecule has 1 spiro atoms. The third-order valence-corrected chi connectivity index (χ3v) is 5.56. The molecule has 0 radical (unpaired) electrons. The van der Waals surface area contributed by atoms with Gasteiger partial charge in [-0.1, -0.05) is 36.4 Å². The van der Waals surface area contributed by atoms with Gasteiger partial charge in [-0.25, -0.2) is 0 Å². The number of piperidine rings is 1. The van der Waals surface area contributed by atoms with Crippen LogP contribution in [-0.4, -0.2) is 47.9 Å². The van der Waals surface area contributed by atoms with Gasteiger partial charge in [-0.2, -0.15) is 0 Å². The molecule has 0 aromatic heterocycles. The van der Waals surface area contributed by atoms with E-state index in [4.69, 9.17) is 0 Å². The molecule has 3 rings (SSSR count). The minimum absolute atomic E-state index is 0.0472. The van der Waals surface area contributed by atoms with Gasteiger partial charge in [0.15, 0.2) is 0 Å². The van der Waals surface area contributed by atoms with Crippen molar-refractivity contribution in [3.63, 3.8) is 0 Å². The van der Waals surface area contributed by atoms with Crippen molar-refractivity contribution >= 4 is 5.91 Å². The number of rotatable bonds is 4. The van der Waals surface area contributed by atoms with Gasteiger partial charge >= 0.3 is 0 Å². The van der Waals surface area contributed by atoms with Crippen LogP contribution in [0.15, 0.2) is 43.0 Å². The highest BCUT2D eigenvalue weighted by atomic mass is 16.2. The van der Waals surface area contributed by atoms with E-state index in [2.05, 4.69) is 28.5 Å². The first-order chi connectivity index (χ1) is 10.7. The predicted molar refractivity (Wildman–Crippen MR) is 89.8 cm³/mol. The van der Waals surface area contributed by atoms with Crippen LogP contribution in [0.5, 0.6) is 0 Å². The maximum atomic E-state index is 12.7. The Morgan fingerprint density at radius 2 is 1.95 bits per heavy atom. The van der Waals surface area contributed by atoms with Crippen LogP contribution in [0, 0.1) is 0 Å². The highest BCUT2D eigenvalue weighted by Crippen LogP contribution is 2.44. The van der Waals surface area contributed by atoms with Gasteiger partial charge in [0, 0.05) is 32.2 Å². The van der Waals surface area contributed by atoms with Crippen molar-refractivity contribution < 1.29 is 4.79 Å². The fourth-order valence-corrected chi connectivity index (χ4v) is 4.02. The van der Waals surface area contributed by atoms with Crippen LogP contribution in [0.4, 0.5) is 0 Å². The number of likely N-dealkylation sites (N-methyl/N-ethyl adjacent to an activating group) is 1. The van der Waals surface area contributed by atoms with Gasteiger partial charge in [0.05, 0.1) is 5.92 Å². The SMILES string of the molecule is C=CCCN1CCC2(CC1)C[C@H](c1ccccc1)C(=O)N2C. The molecule has 1 aromatic carbocycles. The number of carbonyl (C=O) groups is 1. The topological polar surface area (TPSA) is 23.6 Å². The second-order valence-corrected chi connectivity index (χ2v) is 6.71. The van der Waals surface area contributed by atoms with Crippen LogP contribution in [0.2, 0.25) is 0 Å². The fraction of sp³-hybridized carbons (Fsp3) is 0.526. The summed E-state index contributed by atoms with van der Waals surface area (Å²) in [5.41, 5.74) is 1.24. The predicted octanol–water partition coefficient (Wildman–Crippen LogP) is 3.04. The Balaban J connectivity index is 1.71. The zero-order chi connectivity index (χ0) is 15.6. The number of hydrogen-bond acceptors (Lipinski definition) is 2. The molecule has 2 aliphatic rings. The number of likely N-dealkylation sites (tertiary alicyclic amines) is 2. The second-order valence-electron chi connectivity index (χ2n) is 6.71. The Morgan fingerprint density at radius 3 is 2.59 bits per heavy atom. The Hall–Kier alpha value is -1.61. The average molecular weight is 298 g/mol. The minimum Gasteiger partial charge on any atom is -0.339 e. The fourth-order valence-electron chi connectivity index (χ4n) is 4.02. The lowest BCUT2D eigenvalue weighted by Crippen LogP contribution is -2.51. The molecule has 2 saturated heterocycles. The zero-order valence-corrected chi connectivity index (χ0v) is 13.5. The normalized spacial score (nSPS) is 24.9. The van der Waals surface area contributed by atoms with Crippen molar-refractivity contribution in [1.82, 2.24) is 9.80 Å². The molecule has 1 amide bonds. The summed E-state index contributed by atoms with van der Waals surface area (Å²) >= 11 is 0. The van der Waals surface area contributed by atoms with Crippen molar-refractivity contribution in [2.45, 2.75) is 37.1 Å². The van der Waals surface area contributed by atoms with Gasteiger partial charge in [0.2, 0.25) is 5.91 Å². The minimum atomic E-state index is 0.0472. The molecule has 1 atom stereocenters. The highest BCUT2D eigenvalue weighted by molar-refractivity contribution is 5.87. The van der Waals surface area contributed by atoms with E-state index in [1.165, 1.54) is 5.56 Å². The standard InChI is InChI=1S/C19H26N2O/c1-3-4-12-21-13-10-19(11-14-21)15-17(18(22)20(19)2)16-8-6-5-7-9-16/h3,5-9,17H,1,4,10-15H2,2H3/t17-/m1/s1. The van der Waals surface area contributed by atoms with Crippen molar-refractivity contribution in [3.8, 4) is 0 Å². The maximum absolute atomic E-state index is 12.7. The Labute approximate surface area is 133 Å². The molecule has 2 aliphatic heterocycles. The molecule has 0 aliphatic carbocycles. The molecule has 0 saturated carbocycles. The van der Waals surface area contributed by atoms with Gasteiger partial charge in [0.25, 0.3) is 0 Å². The lowest BCUT2D eigenvalue weighted by atomic mass is 9.81. The number of hydrogen-bond donors (Lipinski definition) is 0. The molecule has 0 bridgehead atoms. The molecular weight excluding hydrogens is 272 g/mol. The maximum Gasteiger partial charge on any atom is 0.230 e. The monoisotopic (exact) mass is 298 g/mol.